The van der Waals surface area contributed by atoms with Gasteiger partial charge in [0.1, 0.15) is 0 Å². The first-order valence-corrected chi connectivity index (χ1v) is 7.27. The van der Waals surface area contributed by atoms with Gasteiger partial charge in [-0.2, -0.15) is 0 Å². The van der Waals surface area contributed by atoms with Gasteiger partial charge in [0.2, 0.25) is 5.90 Å². The Kier molecular flexibility index (Phi) is 3.82. The molecule has 2 aromatic carbocycles. The molecule has 0 saturated heterocycles. The van der Waals surface area contributed by atoms with E-state index in [1.54, 1.807) is 18.2 Å². The molecule has 1 aliphatic heterocycles. The quantitative estimate of drug-likeness (QED) is 0.612. The van der Waals surface area contributed by atoms with Crippen LogP contribution in [0.2, 0.25) is 5.02 Å². The van der Waals surface area contributed by atoms with Crippen molar-refractivity contribution >= 4 is 29.5 Å². The molecule has 0 aromatic heterocycles. The highest BCUT2D eigenvalue weighted by Crippen LogP contribution is 2.24. The van der Waals surface area contributed by atoms with Gasteiger partial charge in [-0.3, -0.25) is 0 Å². The maximum absolute atomic E-state index is 12.0. The van der Waals surface area contributed by atoms with E-state index in [0.717, 1.165) is 16.7 Å². The van der Waals surface area contributed by atoms with Gasteiger partial charge < -0.3 is 4.74 Å². The molecule has 2 aromatic rings. The molecule has 3 rings (SSSR count). The Labute approximate surface area is 133 Å². The van der Waals surface area contributed by atoms with Crippen LogP contribution in [0.15, 0.2) is 53.2 Å². The van der Waals surface area contributed by atoms with Crippen LogP contribution in [0.5, 0.6) is 0 Å². The van der Waals surface area contributed by atoms with Crippen LogP contribution >= 0.6 is 11.6 Å². The van der Waals surface area contributed by atoms with Gasteiger partial charge in [0.25, 0.3) is 0 Å². The van der Waals surface area contributed by atoms with Crippen LogP contribution in [-0.2, 0) is 9.53 Å². The summed E-state index contributed by atoms with van der Waals surface area (Å²) in [6.07, 6.45) is 1.74. The number of aryl methyl sites for hydroxylation is 2. The van der Waals surface area contributed by atoms with E-state index in [9.17, 15) is 4.79 Å². The average Bonchev–Trinajstić information content (AvgIpc) is 2.84. The minimum absolute atomic E-state index is 0.243. The third-order valence-electron chi connectivity index (χ3n) is 3.45. The maximum atomic E-state index is 12.0. The van der Waals surface area contributed by atoms with Crippen LogP contribution in [0, 0.1) is 13.8 Å². The van der Waals surface area contributed by atoms with Gasteiger partial charge in [-0.05, 0) is 43.2 Å². The Morgan fingerprint density at radius 1 is 1.14 bits per heavy atom. The van der Waals surface area contributed by atoms with E-state index in [4.69, 9.17) is 16.3 Å². The van der Waals surface area contributed by atoms with Crippen molar-refractivity contribution in [2.75, 3.05) is 0 Å². The van der Waals surface area contributed by atoms with Crippen molar-refractivity contribution in [2.24, 2.45) is 4.99 Å². The molecule has 0 unspecified atom stereocenters. The number of nitrogens with zero attached hydrogens (tertiary/aromatic N) is 1. The molecule has 0 spiro atoms. The molecule has 0 radical (unpaired) electrons. The Hall–Kier alpha value is -2.39. The van der Waals surface area contributed by atoms with Crippen molar-refractivity contribution in [3.63, 3.8) is 0 Å². The van der Waals surface area contributed by atoms with Gasteiger partial charge in [-0.15, -0.1) is 0 Å². The summed E-state index contributed by atoms with van der Waals surface area (Å²) in [5.41, 5.74) is 4.05. The minimum Gasteiger partial charge on any atom is -0.402 e. The van der Waals surface area contributed by atoms with Crippen LogP contribution < -0.4 is 0 Å². The lowest BCUT2D eigenvalue weighted by atomic mass is 10.0. The summed E-state index contributed by atoms with van der Waals surface area (Å²) in [4.78, 5) is 16.3. The molecule has 3 nitrogen and oxygen atoms in total. The average molecular weight is 312 g/mol. The minimum atomic E-state index is -0.462. The largest absolute Gasteiger partial charge is 0.402 e. The zero-order valence-electron chi connectivity index (χ0n) is 12.3. The Morgan fingerprint density at radius 3 is 2.68 bits per heavy atom. The highest BCUT2D eigenvalue weighted by atomic mass is 35.5. The molecule has 22 heavy (non-hydrogen) atoms. The molecular weight excluding hydrogens is 298 g/mol. The SMILES string of the molecule is Cc1ccc(C)c(/C=C2/N=C(c3ccccc3Cl)OC2=O)c1. The summed E-state index contributed by atoms with van der Waals surface area (Å²) in [7, 11) is 0. The van der Waals surface area contributed by atoms with E-state index in [1.165, 1.54) is 0 Å². The monoisotopic (exact) mass is 311 g/mol. The first-order valence-electron chi connectivity index (χ1n) is 6.89. The molecule has 0 bridgehead atoms. The molecule has 0 aliphatic carbocycles. The highest BCUT2D eigenvalue weighted by Gasteiger charge is 2.25. The number of hydrogen-bond donors (Lipinski definition) is 0. The number of benzene rings is 2. The third kappa shape index (κ3) is 2.81. The predicted octanol–water partition coefficient (Wildman–Crippen LogP) is 4.30. The predicted molar refractivity (Wildman–Crippen MR) is 88.0 cm³/mol. The lowest BCUT2D eigenvalue weighted by Crippen LogP contribution is -2.05. The van der Waals surface area contributed by atoms with E-state index in [2.05, 4.69) is 4.99 Å². The van der Waals surface area contributed by atoms with Crippen molar-refractivity contribution in [2.45, 2.75) is 13.8 Å². The zero-order chi connectivity index (χ0) is 15.7. The summed E-state index contributed by atoms with van der Waals surface area (Å²) in [6.45, 7) is 4.00. The molecule has 4 heteroatoms. The zero-order valence-corrected chi connectivity index (χ0v) is 13.0. The van der Waals surface area contributed by atoms with E-state index < -0.39 is 5.97 Å². The number of ether oxygens (including phenoxy) is 1. The molecule has 0 fully saturated rings. The number of carbonyl (C=O) groups is 1. The number of esters is 1. The fourth-order valence-corrected chi connectivity index (χ4v) is 2.44. The van der Waals surface area contributed by atoms with E-state index in [0.29, 0.717) is 10.6 Å². The maximum Gasteiger partial charge on any atom is 0.363 e. The number of halogens is 1. The standard InChI is InChI=1S/C18H14ClNO2/c1-11-7-8-12(2)13(9-11)10-16-18(21)22-17(20-16)14-5-3-4-6-15(14)19/h3-10H,1-2H3/b16-10+. The first-order chi connectivity index (χ1) is 10.5. The van der Waals surface area contributed by atoms with Gasteiger partial charge >= 0.3 is 5.97 Å². The van der Waals surface area contributed by atoms with Gasteiger partial charge in [0.05, 0.1) is 10.6 Å². The lowest BCUT2D eigenvalue weighted by molar-refractivity contribution is -0.129. The fourth-order valence-electron chi connectivity index (χ4n) is 2.22. The molecule has 0 amide bonds. The van der Waals surface area contributed by atoms with Crippen molar-refractivity contribution in [1.29, 1.82) is 0 Å². The van der Waals surface area contributed by atoms with Crippen molar-refractivity contribution in [3.8, 4) is 0 Å². The molecule has 1 heterocycles. The summed E-state index contributed by atoms with van der Waals surface area (Å²) in [5, 5.41) is 0.502. The summed E-state index contributed by atoms with van der Waals surface area (Å²) in [6, 6.07) is 13.2. The van der Waals surface area contributed by atoms with Crippen molar-refractivity contribution in [1.82, 2.24) is 0 Å². The van der Waals surface area contributed by atoms with E-state index in [1.807, 2.05) is 44.2 Å². The van der Waals surface area contributed by atoms with Crippen LogP contribution in [-0.4, -0.2) is 11.9 Å². The third-order valence-corrected chi connectivity index (χ3v) is 3.78. The topological polar surface area (TPSA) is 38.7 Å². The number of aliphatic imine (C=N–C) groups is 1. The summed E-state index contributed by atoms with van der Waals surface area (Å²) < 4.78 is 5.24. The number of carbonyl (C=O) groups excluding carboxylic acids is 1. The second kappa shape index (κ2) is 5.78. The molecule has 110 valence electrons. The van der Waals surface area contributed by atoms with Crippen LogP contribution in [0.1, 0.15) is 22.3 Å². The van der Waals surface area contributed by atoms with Crippen LogP contribution in [0.4, 0.5) is 0 Å². The molecule has 1 aliphatic rings. The van der Waals surface area contributed by atoms with Crippen LogP contribution in [0.25, 0.3) is 6.08 Å². The smallest absolute Gasteiger partial charge is 0.363 e. The Morgan fingerprint density at radius 2 is 1.91 bits per heavy atom. The second-order valence-electron chi connectivity index (χ2n) is 5.18. The lowest BCUT2D eigenvalue weighted by Gasteiger charge is -2.01. The molecule has 0 N–H and O–H groups in total. The van der Waals surface area contributed by atoms with Gasteiger partial charge in [0.15, 0.2) is 5.70 Å². The molecular formula is C18H14ClNO2. The van der Waals surface area contributed by atoms with E-state index in [-0.39, 0.29) is 11.6 Å². The number of rotatable bonds is 2. The van der Waals surface area contributed by atoms with E-state index >= 15 is 0 Å². The highest BCUT2D eigenvalue weighted by molar-refractivity contribution is 6.34. The van der Waals surface area contributed by atoms with Gasteiger partial charge in [0, 0.05) is 0 Å². The number of cyclic esters (lactones) is 1. The van der Waals surface area contributed by atoms with Crippen molar-refractivity contribution in [3.05, 3.63) is 75.4 Å². The summed E-state index contributed by atoms with van der Waals surface area (Å²) in [5.74, 6) is -0.219. The van der Waals surface area contributed by atoms with Gasteiger partial charge in [-0.1, -0.05) is 47.5 Å². The first kappa shape index (κ1) is 14.5. The number of hydrogen-bond acceptors (Lipinski definition) is 3. The molecule has 0 atom stereocenters. The van der Waals surface area contributed by atoms with Gasteiger partial charge in [-0.25, -0.2) is 9.79 Å². The summed E-state index contributed by atoms with van der Waals surface area (Å²) >= 11 is 6.11. The van der Waals surface area contributed by atoms with Crippen LogP contribution in [0.3, 0.4) is 0 Å². The molecule has 0 saturated carbocycles. The normalized spacial score (nSPS) is 15.9. The Bertz CT molecular complexity index is 822. The van der Waals surface area contributed by atoms with Crippen molar-refractivity contribution < 1.29 is 9.53 Å². The Balaban J connectivity index is 2.02. The second-order valence-corrected chi connectivity index (χ2v) is 5.58. The fraction of sp³-hybridized carbons (Fsp3) is 0.111.